The molecule has 1 saturated carbocycles. The average Bonchev–Trinajstić information content (AvgIpc) is 3.27. The van der Waals surface area contributed by atoms with Crippen molar-refractivity contribution < 1.29 is 4.79 Å². The third-order valence-electron chi connectivity index (χ3n) is 3.98. The molecule has 0 aliphatic heterocycles. The number of benzene rings is 1. The summed E-state index contributed by atoms with van der Waals surface area (Å²) in [5.41, 5.74) is 3.50. The molecule has 0 radical (unpaired) electrons. The summed E-state index contributed by atoms with van der Waals surface area (Å²) in [5.74, 6) is 0.282. The Morgan fingerprint density at radius 1 is 1.36 bits per heavy atom. The van der Waals surface area contributed by atoms with Crippen LogP contribution in [0.4, 0.5) is 5.69 Å². The number of hydrogen-bond acceptors (Lipinski definition) is 6. The summed E-state index contributed by atoms with van der Waals surface area (Å²) in [4.78, 5) is 17.4. The van der Waals surface area contributed by atoms with Gasteiger partial charge in [-0.2, -0.15) is 0 Å². The van der Waals surface area contributed by atoms with E-state index in [4.69, 9.17) is 11.6 Å². The van der Waals surface area contributed by atoms with E-state index in [9.17, 15) is 4.79 Å². The number of pyridine rings is 1. The fourth-order valence-corrected chi connectivity index (χ4v) is 4.38. The van der Waals surface area contributed by atoms with E-state index in [1.54, 1.807) is 17.8 Å². The number of halogens is 1. The first-order chi connectivity index (χ1) is 12.2. The first-order valence-corrected chi connectivity index (χ1v) is 9.72. The van der Waals surface area contributed by atoms with E-state index in [0.717, 1.165) is 21.2 Å². The molecule has 126 valence electrons. The van der Waals surface area contributed by atoms with Crippen molar-refractivity contribution in [3.8, 4) is 0 Å². The number of carbonyl (C=O) groups is 1. The Morgan fingerprint density at radius 3 is 3.00 bits per heavy atom. The van der Waals surface area contributed by atoms with E-state index in [1.165, 1.54) is 23.1 Å². The van der Waals surface area contributed by atoms with Crippen LogP contribution in [0, 0.1) is 5.92 Å². The Morgan fingerprint density at radius 2 is 2.28 bits per heavy atom. The molecule has 1 aliphatic carbocycles. The van der Waals surface area contributed by atoms with Gasteiger partial charge in [0.15, 0.2) is 4.34 Å². The van der Waals surface area contributed by atoms with Gasteiger partial charge in [0, 0.05) is 28.9 Å². The Kier molecular flexibility index (Phi) is 4.70. The quantitative estimate of drug-likeness (QED) is 0.697. The van der Waals surface area contributed by atoms with Crippen LogP contribution in [0.3, 0.4) is 0 Å². The summed E-state index contributed by atoms with van der Waals surface area (Å²) in [6.45, 7) is 0. The van der Waals surface area contributed by atoms with Gasteiger partial charge in [-0.3, -0.25) is 9.78 Å². The third kappa shape index (κ3) is 3.84. The number of hydrogen-bond donors (Lipinski definition) is 1. The molecule has 2 atom stereocenters. The number of rotatable bonds is 5. The number of aromatic nitrogens is 3. The zero-order valence-electron chi connectivity index (χ0n) is 12.9. The van der Waals surface area contributed by atoms with Crippen molar-refractivity contribution in [2.75, 3.05) is 5.32 Å². The van der Waals surface area contributed by atoms with Gasteiger partial charge in [-0.15, -0.1) is 10.2 Å². The van der Waals surface area contributed by atoms with Gasteiger partial charge < -0.3 is 5.32 Å². The average molecular weight is 389 g/mol. The van der Waals surface area contributed by atoms with Crippen molar-refractivity contribution in [3.05, 3.63) is 58.8 Å². The van der Waals surface area contributed by atoms with Gasteiger partial charge in [-0.1, -0.05) is 40.8 Å². The molecule has 1 fully saturated rings. The topological polar surface area (TPSA) is 67.8 Å². The van der Waals surface area contributed by atoms with Crippen molar-refractivity contribution in [2.45, 2.75) is 21.6 Å². The van der Waals surface area contributed by atoms with Crippen molar-refractivity contribution in [3.63, 3.8) is 0 Å². The van der Waals surface area contributed by atoms with E-state index in [0.29, 0.717) is 10.7 Å². The lowest BCUT2D eigenvalue weighted by Gasteiger charge is -2.08. The maximum absolute atomic E-state index is 12.4. The summed E-state index contributed by atoms with van der Waals surface area (Å²) >= 11 is 9.24. The molecule has 3 aromatic rings. The van der Waals surface area contributed by atoms with Crippen LogP contribution in [-0.4, -0.2) is 21.1 Å². The summed E-state index contributed by atoms with van der Waals surface area (Å²) < 4.78 is 0.830. The third-order valence-corrected chi connectivity index (χ3v) is 6.26. The van der Waals surface area contributed by atoms with Crippen LogP contribution in [0.5, 0.6) is 0 Å². The molecule has 2 heterocycles. The number of amides is 1. The van der Waals surface area contributed by atoms with Gasteiger partial charge in [-0.05, 0) is 42.2 Å². The summed E-state index contributed by atoms with van der Waals surface area (Å²) in [7, 11) is 0. The number of carbonyl (C=O) groups excluding carboxylic acids is 1. The minimum Gasteiger partial charge on any atom is -0.326 e. The van der Waals surface area contributed by atoms with Crippen LogP contribution in [0.1, 0.15) is 17.9 Å². The predicted octanol–water partition coefficient (Wildman–Crippen LogP) is 4.48. The molecule has 5 nitrogen and oxygen atoms in total. The summed E-state index contributed by atoms with van der Waals surface area (Å²) in [5, 5.41) is 11.3. The fourth-order valence-electron chi connectivity index (χ4n) is 2.65. The smallest absolute Gasteiger partial charge is 0.228 e. The second-order valence-electron chi connectivity index (χ2n) is 5.68. The molecule has 0 bridgehead atoms. The molecule has 1 amide bonds. The Hall–Kier alpha value is -1.96. The Balaban J connectivity index is 1.40. The van der Waals surface area contributed by atoms with Gasteiger partial charge in [0.05, 0.1) is 5.02 Å². The van der Waals surface area contributed by atoms with Crippen molar-refractivity contribution >= 4 is 46.3 Å². The highest BCUT2D eigenvalue weighted by atomic mass is 35.5. The second-order valence-corrected chi connectivity index (χ2v) is 8.21. The molecule has 0 saturated heterocycles. The standard InChI is InChI=1S/C17H13ClN4OS2/c18-14-6-11(3-4-15(14)25-17-22-20-9-24-17)21-16(23)13-7-12(13)10-2-1-5-19-8-10/h1-6,8-9,12-13H,7H2,(H,21,23). The molecule has 25 heavy (non-hydrogen) atoms. The van der Waals surface area contributed by atoms with Crippen molar-refractivity contribution in [2.24, 2.45) is 5.92 Å². The van der Waals surface area contributed by atoms with Gasteiger partial charge in [0.2, 0.25) is 5.91 Å². The fraction of sp³-hybridized carbons (Fsp3) is 0.176. The SMILES string of the molecule is O=C(Nc1ccc(Sc2nncs2)c(Cl)c1)C1CC1c1cccnc1. The molecular formula is C17H13ClN4OS2. The second kappa shape index (κ2) is 7.11. The van der Waals surface area contributed by atoms with Gasteiger partial charge in [-0.25, -0.2) is 0 Å². The normalized spacial score (nSPS) is 18.8. The van der Waals surface area contributed by atoms with Crippen LogP contribution in [0.25, 0.3) is 0 Å². The van der Waals surface area contributed by atoms with Crippen LogP contribution in [0.15, 0.2) is 57.5 Å². The summed E-state index contributed by atoms with van der Waals surface area (Å²) in [6, 6.07) is 9.42. The largest absolute Gasteiger partial charge is 0.326 e. The lowest BCUT2D eigenvalue weighted by atomic mass is 10.1. The van der Waals surface area contributed by atoms with Crippen molar-refractivity contribution in [1.29, 1.82) is 0 Å². The van der Waals surface area contributed by atoms with Crippen LogP contribution >= 0.6 is 34.7 Å². The van der Waals surface area contributed by atoms with Crippen LogP contribution in [0.2, 0.25) is 5.02 Å². The molecule has 1 N–H and O–H groups in total. The molecule has 1 aliphatic rings. The number of nitrogens with one attached hydrogen (secondary N) is 1. The maximum Gasteiger partial charge on any atom is 0.228 e. The van der Waals surface area contributed by atoms with Gasteiger partial charge in [0.1, 0.15) is 5.51 Å². The van der Waals surface area contributed by atoms with E-state index < -0.39 is 0 Å². The zero-order valence-corrected chi connectivity index (χ0v) is 15.3. The van der Waals surface area contributed by atoms with Crippen molar-refractivity contribution in [1.82, 2.24) is 15.2 Å². The maximum atomic E-state index is 12.4. The molecule has 4 rings (SSSR count). The predicted molar refractivity (Wildman–Crippen MR) is 99.2 cm³/mol. The molecule has 1 aromatic carbocycles. The molecule has 2 unspecified atom stereocenters. The summed E-state index contributed by atoms with van der Waals surface area (Å²) in [6.07, 6.45) is 4.43. The van der Waals surface area contributed by atoms with E-state index in [-0.39, 0.29) is 17.7 Å². The Bertz CT molecular complexity index is 889. The van der Waals surface area contributed by atoms with E-state index in [1.807, 2.05) is 30.5 Å². The highest BCUT2D eigenvalue weighted by molar-refractivity contribution is 8.01. The molecular weight excluding hydrogens is 376 g/mol. The lowest BCUT2D eigenvalue weighted by Crippen LogP contribution is -2.14. The molecule has 2 aromatic heterocycles. The molecule has 8 heteroatoms. The monoisotopic (exact) mass is 388 g/mol. The van der Waals surface area contributed by atoms with E-state index in [2.05, 4.69) is 20.5 Å². The first kappa shape index (κ1) is 16.5. The highest BCUT2D eigenvalue weighted by Gasteiger charge is 2.44. The van der Waals surface area contributed by atoms with Gasteiger partial charge in [0.25, 0.3) is 0 Å². The van der Waals surface area contributed by atoms with Crippen LogP contribution < -0.4 is 5.32 Å². The molecule has 0 spiro atoms. The Labute approximate surface area is 157 Å². The minimum absolute atomic E-state index is 0.00146. The van der Waals surface area contributed by atoms with E-state index >= 15 is 0 Å². The van der Waals surface area contributed by atoms with Gasteiger partial charge >= 0.3 is 0 Å². The first-order valence-electron chi connectivity index (χ1n) is 7.65. The minimum atomic E-state index is -0.00146. The number of nitrogens with zero attached hydrogens (tertiary/aromatic N) is 3. The highest BCUT2D eigenvalue weighted by Crippen LogP contribution is 2.47. The zero-order chi connectivity index (χ0) is 17.2. The number of anilines is 1. The van der Waals surface area contributed by atoms with Crippen LogP contribution in [-0.2, 0) is 4.79 Å². The lowest BCUT2D eigenvalue weighted by molar-refractivity contribution is -0.117.